The largest absolute Gasteiger partial charge is 0.496 e. The van der Waals surface area contributed by atoms with E-state index < -0.39 is 8.32 Å². The summed E-state index contributed by atoms with van der Waals surface area (Å²) in [7, 11) is -0.989. The normalized spacial score (nSPS) is 12.8. The van der Waals surface area contributed by atoms with Gasteiger partial charge >= 0.3 is 0 Å². The van der Waals surface area contributed by atoms with Crippen LogP contribution in [-0.4, -0.2) is 52.9 Å². The fourth-order valence-electron chi connectivity index (χ4n) is 6.51. The average Bonchev–Trinajstić information content (AvgIpc) is 3.39. The van der Waals surface area contributed by atoms with Crippen LogP contribution in [0.5, 0.6) is 5.75 Å². The highest BCUT2D eigenvalue weighted by atomic mass is 28.4. The molecule has 0 fully saturated rings. The SMILES string of the molecule is CCC[C@@H](CCO[Si](c1ccccc1)(c1ccccc1)C(C)(C)C)Nc1ncnc2c(C)nn(Cc3ccc(CO)cc3OC)c12. The fourth-order valence-corrected chi connectivity index (χ4v) is 11.1. The maximum absolute atomic E-state index is 9.60. The minimum atomic E-state index is -2.63. The third kappa shape index (κ3) is 6.87. The van der Waals surface area contributed by atoms with Crippen molar-refractivity contribution in [2.24, 2.45) is 0 Å². The fraction of sp³-hybridized carbons (Fsp3) is 0.378. The number of hydrogen-bond acceptors (Lipinski definition) is 7. The van der Waals surface area contributed by atoms with Crippen molar-refractivity contribution < 1.29 is 14.3 Å². The molecule has 2 N–H and O–H groups in total. The minimum Gasteiger partial charge on any atom is -0.496 e. The van der Waals surface area contributed by atoms with E-state index in [0.29, 0.717) is 18.9 Å². The van der Waals surface area contributed by atoms with Crippen LogP contribution >= 0.6 is 0 Å². The van der Waals surface area contributed by atoms with E-state index in [2.05, 4.69) is 98.7 Å². The van der Waals surface area contributed by atoms with Crippen molar-refractivity contribution in [3.05, 3.63) is 102 Å². The van der Waals surface area contributed by atoms with Crippen LogP contribution in [0, 0.1) is 6.92 Å². The molecule has 9 heteroatoms. The van der Waals surface area contributed by atoms with E-state index >= 15 is 0 Å². The monoisotopic (exact) mass is 637 g/mol. The van der Waals surface area contributed by atoms with Crippen LogP contribution in [0.1, 0.15) is 63.8 Å². The molecule has 0 spiro atoms. The lowest BCUT2D eigenvalue weighted by molar-refractivity contribution is 0.281. The molecular weight excluding hydrogens is 591 g/mol. The average molecular weight is 638 g/mol. The Kier molecular flexibility index (Phi) is 10.6. The molecule has 0 amide bonds. The van der Waals surface area contributed by atoms with Crippen LogP contribution in [0.2, 0.25) is 5.04 Å². The van der Waals surface area contributed by atoms with Crippen molar-refractivity contribution in [3.8, 4) is 5.75 Å². The minimum absolute atomic E-state index is 0.0407. The molecule has 242 valence electrons. The van der Waals surface area contributed by atoms with Crippen molar-refractivity contribution in [1.29, 1.82) is 0 Å². The van der Waals surface area contributed by atoms with Crippen LogP contribution in [0.15, 0.2) is 85.2 Å². The summed E-state index contributed by atoms with van der Waals surface area (Å²) in [6, 6.07) is 27.5. The summed E-state index contributed by atoms with van der Waals surface area (Å²) in [4.78, 5) is 9.32. The van der Waals surface area contributed by atoms with Crippen LogP contribution in [0.4, 0.5) is 5.82 Å². The first kappa shape index (κ1) is 33.3. The summed E-state index contributed by atoms with van der Waals surface area (Å²) in [6.45, 7) is 12.2. The number of hydrogen-bond donors (Lipinski definition) is 2. The highest BCUT2D eigenvalue weighted by molar-refractivity contribution is 6.99. The zero-order valence-electron chi connectivity index (χ0n) is 28.0. The number of rotatable bonds is 14. The number of aromatic nitrogens is 4. The van der Waals surface area contributed by atoms with Gasteiger partial charge in [0.2, 0.25) is 0 Å². The van der Waals surface area contributed by atoms with E-state index in [1.54, 1.807) is 13.4 Å². The van der Waals surface area contributed by atoms with Gasteiger partial charge in [-0.05, 0) is 46.8 Å². The number of nitrogens with zero attached hydrogens (tertiary/aromatic N) is 4. The summed E-state index contributed by atoms with van der Waals surface area (Å²) in [5.41, 5.74) is 4.29. The molecule has 8 nitrogen and oxygen atoms in total. The number of benzene rings is 3. The van der Waals surface area contributed by atoms with Gasteiger partial charge in [0.05, 0.1) is 26.0 Å². The van der Waals surface area contributed by atoms with Gasteiger partial charge in [-0.1, -0.05) is 107 Å². The molecule has 5 aromatic rings. The lowest BCUT2D eigenvalue weighted by Crippen LogP contribution is -2.66. The quantitative estimate of drug-likeness (QED) is 0.139. The van der Waals surface area contributed by atoms with Gasteiger partial charge < -0.3 is 19.6 Å². The molecule has 5 rings (SSSR count). The molecule has 0 aliphatic heterocycles. The first-order valence-electron chi connectivity index (χ1n) is 16.2. The molecule has 0 saturated heterocycles. The predicted molar refractivity (Wildman–Crippen MR) is 189 cm³/mol. The van der Waals surface area contributed by atoms with Gasteiger partial charge in [0.25, 0.3) is 8.32 Å². The Morgan fingerprint density at radius 1 is 0.935 bits per heavy atom. The lowest BCUT2D eigenvalue weighted by atomic mass is 10.1. The summed E-state index contributed by atoms with van der Waals surface area (Å²) < 4.78 is 14.8. The standard InChI is InChI=1S/C37H47N5O3Si/c1-7-14-30(21-22-45-46(37(3,4)5,31-15-10-8-11-16-31)32-17-12-9-13-18-32)40-36-35-34(38-26-39-36)27(2)41-42(35)24-29-20-19-28(25-43)23-33(29)44-6/h8-13,15-20,23,26,30,43H,7,14,21-22,24-25H2,1-6H3,(H,38,39,40)/t30-/m0/s1. The van der Waals surface area contributed by atoms with E-state index in [-0.39, 0.29) is 17.7 Å². The molecule has 3 aromatic carbocycles. The number of aryl methyl sites for hydroxylation is 1. The molecule has 1 atom stereocenters. The van der Waals surface area contributed by atoms with Crippen LogP contribution in [0.3, 0.4) is 0 Å². The predicted octanol–water partition coefficient (Wildman–Crippen LogP) is 6.23. The van der Waals surface area contributed by atoms with E-state index in [1.165, 1.54) is 10.4 Å². The molecule has 0 aliphatic carbocycles. The maximum atomic E-state index is 9.60. The molecule has 2 aromatic heterocycles. The van der Waals surface area contributed by atoms with Gasteiger partial charge in [0, 0.05) is 18.2 Å². The highest BCUT2D eigenvalue weighted by Gasteiger charge is 2.50. The number of ether oxygens (including phenoxy) is 1. The highest BCUT2D eigenvalue weighted by Crippen LogP contribution is 2.37. The number of nitrogens with one attached hydrogen (secondary N) is 1. The molecule has 0 unspecified atom stereocenters. The molecule has 46 heavy (non-hydrogen) atoms. The Morgan fingerprint density at radius 3 is 2.20 bits per heavy atom. The first-order chi connectivity index (χ1) is 22.2. The van der Waals surface area contributed by atoms with Crippen molar-refractivity contribution in [2.45, 2.75) is 78.1 Å². The number of fused-ring (bicyclic) bond motifs is 1. The second-order valence-electron chi connectivity index (χ2n) is 12.9. The maximum Gasteiger partial charge on any atom is 0.261 e. The second kappa shape index (κ2) is 14.6. The lowest BCUT2D eigenvalue weighted by Gasteiger charge is -2.43. The van der Waals surface area contributed by atoms with Crippen molar-refractivity contribution in [3.63, 3.8) is 0 Å². The van der Waals surface area contributed by atoms with E-state index in [0.717, 1.165) is 52.9 Å². The third-order valence-electron chi connectivity index (χ3n) is 8.73. The summed E-state index contributed by atoms with van der Waals surface area (Å²) >= 11 is 0. The zero-order valence-corrected chi connectivity index (χ0v) is 29.0. The molecule has 0 aliphatic rings. The number of methoxy groups -OCH3 is 1. The second-order valence-corrected chi connectivity index (χ2v) is 17.2. The number of aliphatic hydroxyl groups is 1. The Bertz CT molecular complexity index is 1680. The van der Waals surface area contributed by atoms with Gasteiger partial charge in [0.15, 0.2) is 5.82 Å². The van der Waals surface area contributed by atoms with E-state index in [1.807, 2.05) is 29.8 Å². The Hall–Kier alpha value is -4.05. The zero-order chi connectivity index (χ0) is 32.7. The third-order valence-corrected chi connectivity index (χ3v) is 13.8. The van der Waals surface area contributed by atoms with Gasteiger partial charge in [-0.2, -0.15) is 5.10 Å². The number of anilines is 1. The molecular formula is C37H47N5O3Si. The van der Waals surface area contributed by atoms with Crippen LogP contribution in [-0.2, 0) is 17.6 Å². The summed E-state index contributed by atoms with van der Waals surface area (Å²) in [6.07, 6.45) is 4.44. The van der Waals surface area contributed by atoms with E-state index in [4.69, 9.17) is 19.2 Å². The van der Waals surface area contributed by atoms with Gasteiger partial charge in [-0.15, -0.1) is 0 Å². The molecule has 0 saturated carbocycles. The van der Waals surface area contributed by atoms with Gasteiger partial charge in [0.1, 0.15) is 23.1 Å². The topological polar surface area (TPSA) is 94.3 Å². The van der Waals surface area contributed by atoms with Crippen molar-refractivity contribution in [1.82, 2.24) is 19.7 Å². The number of aliphatic hydroxyl groups excluding tert-OH is 1. The van der Waals surface area contributed by atoms with E-state index in [9.17, 15) is 5.11 Å². The Labute approximate surface area is 274 Å². The van der Waals surface area contributed by atoms with Crippen LogP contribution in [0.25, 0.3) is 11.0 Å². The van der Waals surface area contributed by atoms with Crippen LogP contribution < -0.4 is 20.4 Å². The Morgan fingerprint density at radius 2 is 1.61 bits per heavy atom. The van der Waals surface area contributed by atoms with Gasteiger partial charge in [-0.25, -0.2) is 9.97 Å². The van der Waals surface area contributed by atoms with Crippen molar-refractivity contribution >= 4 is 35.5 Å². The Balaban J connectivity index is 1.43. The van der Waals surface area contributed by atoms with Gasteiger partial charge in [-0.3, -0.25) is 4.68 Å². The summed E-state index contributed by atoms with van der Waals surface area (Å²) in [5, 5.41) is 20.7. The smallest absolute Gasteiger partial charge is 0.261 e. The first-order valence-corrected chi connectivity index (χ1v) is 18.1. The molecule has 2 heterocycles. The summed E-state index contributed by atoms with van der Waals surface area (Å²) in [5.74, 6) is 1.48. The molecule has 0 bridgehead atoms. The molecule has 0 radical (unpaired) electrons. The van der Waals surface area contributed by atoms with Crippen molar-refractivity contribution in [2.75, 3.05) is 19.0 Å².